The number of ketones is 1. The van der Waals surface area contributed by atoms with E-state index in [1.54, 1.807) is 6.92 Å². The summed E-state index contributed by atoms with van der Waals surface area (Å²) >= 11 is 0. The van der Waals surface area contributed by atoms with Crippen LogP contribution in [0.1, 0.15) is 26.2 Å². The molecule has 0 aromatic carbocycles. The standard InChI is InChI=1S/C12H21NO2/c1-10(11(2)15)12-4-7-13(8-5-12)6-3-9-14/h12,14H,1,3-9H2,2H3. The van der Waals surface area contributed by atoms with Crippen molar-refractivity contribution in [1.29, 1.82) is 0 Å². The van der Waals surface area contributed by atoms with Crippen molar-refractivity contribution >= 4 is 5.78 Å². The molecule has 1 aliphatic rings. The predicted octanol–water partition coefficient (Wildman–Crippen LogP) is 1.23. The van der Waals surface area contributed by atoms with Crippen LogP contribution < -0.4 is 0 Å². The summed E-state index contributed by atoms with van der Waals surface area (Å²) < 4.78 is 0. The largest absolute Gasteiger partial charge is 0.396 e. The van der Waals surface area contributed by atoms with Crippen LogP contribution in [0.2, 0.25) is 0 Å². The highest BCUT2D eigenvalue weighted by Crippen LogP contribution is 2.23. The third kappa shape index (κ3) is 3.76. The van der Waals surface area contributed by atoms with Gasteiger partial charge in [-0.1, -0.05) is 6.58 Å². The number of likely N-dealkylation sites (tertiary alicyclic amines) is 1. The Morgan fingerprint density at radius 3 is 2.53 bits per heavy atom. The number of carbonyl (C=O) groups excluding carboxylic acids is 1. The maximum atomic E-state index is 11.2. The molecule has 1 aliphatic heterocycles. The van der Waals surface area contributed by atoms with E-state index in [9.17, 15) is 4.79 Å². The van der Waals surface area contributed by atoms with Crippen LogP contribution in [0.5, 0.6) is 0 Å². The molecule has 1 heterocycles. The number of carbonyl (C=O) groups is 1. The molecule has 0 bridgehead atoms. The molecule has 1 fully saturated rings. The van der Waals surface area contributed by atoms with E-state index < -0.39 is 0 Å². The van der Waals surface area contributed by atoms with Gasteiger partial charge in [0.05, 0.1) is 0 Å². The average Bonchev–Trinajstić information content (AvgIpc) is 2.26. The average molecular weight is 211 g/mol. The molecule has 0 aliphatic carbocycles. The molecular formula is C12H21NO2. The van der Waals surface area contributed by atoms with Crippen LogP contribution in [-0.4, -0.2) is 42.0 Å². The zero-order valence-electron chi connectivity index (χ0n) is 9.54. The Labute approximate surface area is 91.8 Å². The number of allylic oxidation sites excluding steroid dienone is 1. The first-order valence-electron chi connectivity index (χ1n) is 5.68. The minimum Gasteiger partial charge on any atom is -0.396 e. The Morgan fingerprint density at radius 2 is 2.07 bits per heavy atom. The molecule has 0 spiro atoms. The molecule has 0 unspecified atom stereocenters. The fourth-order valence-corrected chi connectivity index (χ4v) is 2.09. The number of nitrogens with zero attached hydrogens (tertiary/aromatic N) is 1. The van der Waals surface area contributed by atoms with Crippen molar-refractivity contribution in [1.82, 2.24) is 4.90 Å². The summed E-state index contributed by atoms with van der Waals surface area (Å²) in [5.41, 5.74) is 0.789. The van der Waals surface area contributed by atoms with Gasteiger partial charge >= 0.3 is 0 Å². The lowest BCUT2D eigenvalue weighted by Gasteiger charge is -2.32. The fourth-order valence-electron chi connectivity index (χ4n) is 2.09. The van der Waals surface area contributed by atoms with E-state index in [1.807, 2.05) is 0 Å². The maximum absolute atomic E-state index is 11.2. The number of aliphatic hydroxyl groups excluding tert-OH is 1. The van der Waals surface area contributed by atoms with E-state index in [4.69, 9.17) is 5.11 Å². The van der Waals surface area contributed by atoms with Gasteiger partial charge in [0.25, 0.3) is 0 Å². The summed E-state index contributed by atoms with van der Waals surface area (Å²) in [6, 6.07) is 0. The van der Waals surface area contributed by atoms with Crippen molar-refractivity contribution < 1.29 is 9.90 Å². The third-order valence-electron chi connectivity index (χ3n) is 3.17. The van der Waals surface area contributed by atoms with Crippen molar-refractivity contribution in [3.63, 3.8) is 0 Å². The van der Waals surface area contributed by atoms with Gasteiger partial charge in [0, 0.05) is 13.2 Å². The van der Waals surface area contributed by atoms with Crippen LogP contribution in [0.4, 0.5) is 0 Å². The number of hydrogen-bond acceptors (Lipinski definition) is 3. The monoisotopic (exact) mass is 211 g/mol. The minimum absolute atomic E-state index is 0.129. The molecule has 15 heavy (non-hydrogen) atoms. The van der Waals surface area contributed by atoms with Gasteiger partial charge in [0.15, 0.2) is 5.78 Å². The molecule has 0 saturated carbocycles. The lowest BCUT2D eigenvalue weighted by molar-refractivity contribution is -0.114. The first kappa shape index (κ1) is 12.4. The van der Waals surface area contributed by atoms with Crippen molar-refractivity contribution in [2.45, 2.75) is 26.2 Å². The Morgan fingerprint density at radius 1 is 1.47 bits per heavy atom. The van der Waals surface area contributed by atoms with Crippen molar-refractivity contribution in [2.75, 3.05) is 26.2 Å². The predicted molar refractivity (Wildman–Crippen MR) is 60.7 cm³/mol. The maximum Gasteiger partial charge on any atom is 0.155 e. The quantitative estimate of drug-likeness (QED) is 0.695. The van der Waals surface area contributed by atoms with Crippen molar-refractivity contribution in [2.24, 2.45) is 5.92 Å². The van der Waals surface area contributed by atoms with Gasteiger partial charge in [-0.3, -0.25) is 4.79 Å². The summed E-state index contributed by atoms with van der Waals surface area (Å²) in [7, 11) is 0. The van der Waals surface area contributed by atoms with Gasteiger partial charge < -0.3 is 10.0 Å². The molecule has 0 radical (unpaired) electrons. The van der Waals surface area contributed by atoms with Crippen LogP contribution in [-0.2, 0) is 4.79 Å². The second-order valence-electron chi connectivity index (χ2n) is 4.27. The van der Waals surface area contributed by atoms with Gasteiger partial charge in [0.1, 0.15) is 0 Å². The van der Waals surface area contributed by atoms with Crippen LogP contribution in [0, 0.1) is 5.92 Å². The van der Waals surface area contributed by atoms with Gasteiger partial charge in [-0.05, 0) is 50.8 Å². The summed E-state index contributed by atoms with van der Waals surface area (Å²) in [5.74, 6) is 0.511. The van der Waals surface area contributed by atoms with Crippen molar-refractivity contribution in [3.05, 3.63) is 12.2 Å². The van der Waals surface area contributed by atoms with Crippen molar-refractivity contribution in [3.8, 4) is 0 Å². The topological polar surface area (TPSA) is 40.5 Å². The Balaban J connectivity index is 2.29. The van der Waals surface area contributed by atoms with Gasteiger partial charge in [-0.2, -0.15) is 0 Å². The lowest BCUT2D eigenvalue weighted by Crippen LogP contribution is -2.35. The van der Waals surface area contributed by atoms with E-state index in [1.165, 1.54) is 0 Å². The molecular weight excluding hydrogens is 190 g/mol. The Kier molecular flexibility index (Phi) is 4.99. The van der Waals surface area contributed by atoms with E-state index in [0.717, 1.165) is 44.5 Å². The number of Topliss-reactive ketones (excluding diaryl/α,β-unsaturated/α-hetero) is 1. The molecule has 3 heteroatoms. The van der Waals surface area contributed by atoms with E-state index in [0.29, 0.717) is 5.92 Å². The zero-order valence-corrected chi connectivity index (χ0v) is 9.54. The molecule has 3 nitrogen and oxygen atoms in total. The normalized spacial score (nSPS) is 19.1. The summed E-state index contributed by atoms with van der Waals surface area (Å²) in [4.78, 5) is 13.5. The molecule has 0 amide bonds. The molecule has 86 valence electrons. The van der Waals surface area contributed by atoms with Gasteiger partial charge in [0.2, 0.25) is 0 Å². The third-order valence-corrected chi connectivity index (χ3v) is 3.17. The fraction of sp³-hybridized carbons (Fsp3) is 0.750. The highest BCUT2D eigenvalue weighted by Gasteiger charge is 2.22. The van der Waals surface area contributed by atoms with E-state index >= 15 is 0 Å². The molecule has 0 aromatic rings. The highest BCUT2D eigenvalue weighted by molar-refractivity contribution is 5.93. The first-order chi connectivity index (χ1) is 7.15. The molecule has 1 saturated heterocycles. The van der Waals surface area contributed by atoms with E-state index in [2.05, 4.69) is 11.5 Å². The zero-order chi connectivity index (χ0) is 11.3. The minimum atomic E-state index is 0.129. The van der Waals surface area contributed by atoms with Gasteiger partial charge in [-0.25, -0.2) is 0 Å². The van der Waals surface area contributed by atoms with E-state index in [-0.39, 0.29) is 12.4 Å². The van der Waals surface area contributed by atoms with Crippen LogP contribution in [0.15, 0.2) is 12.2 Å². The second-order valence-corrected chi connectivity index (χ2v) is 4.27. The number of piperidine rings is 1. The van der Waals surface area contributed by atoms with Crippen LogP contribution in [0.3, 0.4) is 0 Å². The lowest BCUT2D eigenvalue weighted by atomic mass is 9.88. The number of aliphatic hydroxyl groups is 1. The molecule has 1 N–H and O–H groups in total. The smallest absolute Gasteiger partial charge is 0.155 e. The highest BCUT2D eigenvalue weighted by atomic mass is 16.3. The molecule has 1 rings (SSSR count). The summed E-state index contributed by atoms with van der Waals surface area (Å²) in [6.07, 6.45) is 2.91. The molecule has 0 atom stereocenters. The number of hydrogen-bond donors (Lipinski definition) is 1. The summed E-state index contributed by atoms with van der Waals surface area (Å²) in [6.45, 7) is 8.74. The first-order valence-corrected chi connectivity index (χ1v) is 5.68. The number of rotatable bonds is 5. The Bertz CT molecular complexity index is 230. The second kappa shape index (κ2) is 6.03. The van der Waals surface area contributed by atoms with Gasteiger partial charge in [-0.15, -0.1) is 0 Å². The summed E-state index contributed by atoms with van der Waals surface area (Å²) in [5, 5.41) is 8.72. The Hall–Kier alpha value is -0.670. The SMILES string of the molecule is C=C(C(C)=O)C1CCN(CCCO)CC1. The van der Waals surface area contributed by atoms with Crippen LogP contribution >= 0.6 is 0 Å². The van der Waals surface area contributed by atoms with Crippen LogP contribution in [0.25, 0.3) is 0 Å². The molecule has 0 aromatic heterocycles.